The zero-order chi connectivity index (χ0) is 51.4. The summed E-state index contributed by atoms with van der Waals surface area (Å²) < 4.78 is 22.0. The Kier molecular flexibility index (Phi) is 24.7. The molecule has 5 atom stereocenters. The number of aliphatic carboxylic acids is 2. The zero-order valence-corrected chi connectivity index (χ0v) is 39.6. The van der Waals surface area contributed by atoms with Gasteiger partial charge in [-0.25, -0.2) is 0 Å². The van der Waals surface area contributed by atoms with E-state index in [1.54, 1.807) is 66.7 Å². The van der Waals surface area contributed by atoms with Crippen molar-refractivity contribution in [1.29, 1.82) is 0 Å². The zero-order valence-electron chi connectivity index (χ0n) is 39.6. The van der Waals surface area contributed by atoms with Crippen molar-refractivity contribution in [2.75, 3.05) is 46.2 Å². The van der Waals surface area contributed by atoms with E-state index < -0.39 is 84.4 Å². The first-order chi connectivity index (χ1) is 34.2. The van der Waals surface area contributed by atoms with Crippen LogP contribution in [-0.4, -0.2) is 121 Å². The van der Waals surface area contributed by atoms with Crippen molar-refractivity contribution < 1.29 is 67.8 Å². The molecule has 0 spiro atoms. The number of hydrogen-bond donors (Lipinski definition) is 6. The molecule has 4 rings (SSSR count). The van der Waals surface area contributed by atoms with Gasteiger partial charge in [0.25, 0.3) is 0 Å². The molecule has 0 aliphatic heterocycles. The van der Waals surface area contributed by atoms with Gasteiger partial charge in [0.1, 0.15) is 36.2 Å². The van der Waals surface area contributed by atoms with Crippen LogP contribution >= 0.6 is 0 Å². The van der Waals surface area contributed by atoms with Crippen LogP contribution in [0.25, 0.3) is 0 Å². The highest BCUT2D eigenvalue weighted by molar-refractivity contribution is 5.96. The number of phenolic OH excluding ortho intramolecular Hbond substituents is 1. The minimum atomic E-state index is -1.52. The molecule has 0 unspecified atom stereocenters. The summed E-state index contributed by atoms with van der Waals surface area (Å²) in [5, 5.41) is 34.6. The SMILES string of the molecule is C#CCOc1ccc(OCCOCCOCCCC(=O)[C@H](CC(=O)O)NC(=O)[C@H](CC(=O)O)CC(=O)[C@H](Cc2ccccc2)NCC(=O)[C@@H](CC(=O)[C@@H](N)Cc2ccccc2)Cc2ccc(O)cc2)cc1. The summed E-state index contributed by atoms with van der Waals surface area (Å²) in [5.41, 5.74) is 8.53. The average Bonchev–Trinajstić information content (AvgIpc) is 3.35. The maximum atomic E-state index is 14.1. The highest BCUT2D eigenvalue weighted by atomic mass is 16.5. The van der Waals surface area contributed by atoms with Crippen LogP contribution < -0.4 is 25.8 Å². The Labute approximate surface area is 413 Å². The van der Waals surface area contributed by atoms with Gasteiger partial charge in [-0.2, -0.15) is 0 Å². The topological polar surface area (TPSA) is 267 Å². The van der Waals surface area contributed by atoms with Crippen molar-refractivity contribution >= 4 is 41.0 Å². The van der Waals surface area contributed by atoms with Gasteiger partial charge >= 0.3 is 11.9 Å². The molecular weight excluding hydrogens is 915 g/mol. The van der Waals surface area contributed by atoms with Crippen molar-refractivity contribution in [2.24, 2.45) is 17.6 Å². The minimum absolute atomic E-state index is 0.0204. The van der Waals surface area contributed by atoms with E-state index in [2.05, 4.69) is 16.6 Å². The van der Waals surface area contributed by atoms with E-state index >= 15 is 0 Å². The minimum Gasteiger partial charge on any atom is -0.508 e. The molecule has 4 aromatic carbocycles. The van der Waals surface area contributed by atoms with Gasteiger partial charge in [0.15, 0.2) is 17.3 Å². The van der Waals surface area contributed by atoms with E-state index in [-0.39, 0.29) is 96.2 Å². The van der Waals surface area contributed by atoms with Crippen molar-refractivity contribution in [1.82, 2.24) is 10.6 Å². The van der Waals surface area contributed by atoms with Gasteiger partial charge in [-0.05, 0) is 78.8 Å². The molecule has 71 heavy (non-hydrogen) atoms. The number of hydrogen-bond acceptors (Lipinski definition) is 14. The molecule has 0 saturated carbocycles. The van der Waals surface area contributed by atoms with Crippen molar-refractivity contribution in [3.8, 4) is 29.6 Å². The summed E-state index contributed by atoms with van der Waals surface area (Å²) in [6.07, 6.45) is 3.20. The number of phenols is 1. The number of amides is 1. The van der Waals surface area contributed by atoms with Crippen LogP contribution in [-0.2, 0) is 62.3 Å². The maximum absolute atomic E-state index is 14.1. The van der Waals surface area contributed by atoms with Crippen molar-refractivity contribution in [3.05, 3.63) is 126 Å². The Balaban J connectivity index is 1.34. The Morgan fingerprint density at radius 3 is 1.72 bits per heavy atom. The van der Waals surface area contributed by atoms with Gasteiger partial charge in [0.2, 0.25) is 5.91 Å². The van der Waals surface area contributed by atoms with Gasteiger partial charge in [0.05, 0.1) is 63.3 Å². The Morgan fingerprint density at radius 1 is 0.563 bits per heavy atom. The number of benzene rings is 4. The number of ether oxygens (including phenoxy) is 4. The molecule has 1 amide bonds. The van der Waals surface area contributed by atoms with E-state index in [0.717, 1.165) is 5.56 Å². The largest absolute Gasteiger partial charge is 0.508 e. The molecular formula is C54H63N3O14. The number of nitrogens with one attached hydrogen (secondary N) is 2. The van der Waals surface area contributed by atoms with Gasteiger partial charge in [0, 0.05) is 31.8 Å². The van der Waals surface area contributed by atoms with E-state index in [0.29, 0.717) is 22.6 Å². The molecule has 0 radical (unpaired) electrons. The molecule has 17 heteroatoms. The molecule has 0 bridgehead atoms. The van der Waals surface area contributed by atoms with Crippen molar-refractivity contribution in [2.45, 2.75) is 75.9 Å². The smallest absolute Gasteiger partial charge is 0.305 e. The van der Waals surface area contributed by atoms with Crippen LogP contribution in [0.1, 0.15) is 55.2 Å². The van der Waals surface area contributed by atoms with E-state index in [1.807, 2.05) is 30.3 Å². The summed E-state index contributed by atoms with van der Waals surface area (Å²) in [6.45, 7) is 0.907. The lowest BCUT2D eigenvalue weighted by Crippen LogP contribution is -2.47. The summed E-state index contributed by atoms with van der Waals surface area (Å²) in [4.78, 5) is 92.5. The fourth-order valence-corrected chi connectivity index (χ4v) is 7.49. The highest BCUT2D eigenvalue weighted by Crippen LogP contribution is 2.21. The standard InChI is InChI=1S/C54H63N3O14/c1-2-23-70-43-19-21-44(22-20-43)71-28-27-69-26-25-68-24-9-14-48(59)47(35-53(65)66)57-54(67)41(34-52(63)64)33-50(61)46(31-38-12-7-4-8-13-38)56-36-51(62)40(29-39-15-17-42(58)18-16-39)32-49(60)45(55)30-37-10-5-3-6-11-37/h1,3-8,10-13,15-22,40-41,45-47,56,58H,9,14,23-36,55H2,(H,57,67)(H,63,64)(H,65,66)/t40-,41+,45+,46+,47+/m1/s1. The first-order valence-electron chi connectivity index (χ1n) is 23.3. The third-order valence-electron chi connectivity index (χ3n) is 11.3. The van der Waals surface area contributed by atoms with Gasteiger partial charge in [-0.15, -0.1) is 6.42 Å². The van der Waals surface area contributed by atoms with Crippen LogP contribution in [0.4, 0.5) is 0 Å². The predicted molar refractivity (Wildman–Crippen MR) is 262 cm³/mol. The van der Waals surface area contributed by atoms with Gasteiger partial charge in [-0.1, -0.05) is 78.7 Å². The number of rotatable bonds is 36. The number of carboxylic acids is 2. The van der Waals surface area contributed by atoms with Crippen LogP contribution in [0.3, 0.4) is 0 Å². The summed E-state index contributed by atoms with van der Waals surface area (Å²) >= 11 is 0. The lowest BCUT2D eigenvalue weighted by molar-refractivity contribution is -0.144. The van der Waals surface area contributed by atoms with Crippen LogP contribution in [0.2, 0.25) is 0 Å². The number of ketones is 4. The summed E-state index contributed by atoms with van der Waals surface area (Å²) in [7, 11) is 0. The third-order valence-corrected chi connectivity index (χ3v) is 11.3. The Morgan fingerprint density at radius 2 is 1.11 bits per heavy atom. The molecule has 0 aromatic heterocycles. The lowest BCUT2D eigenvalue weighted by Gasteiger charge is -2.24. The fourth-order valence-electron chi connectivity index (χ4n) is 7.49. The number of aromatic hydroxyl groups is 1. The second-order valence-electron chi connectivity index (χ2n) is 16.9. The first-order valence-corrected chi connectivity index (χ1v) is 23.3. The van der Waals surface area contributed by atoms with Crippen molar-refractivity contribution in [3.63, 3.8) is 0 Å². The Bertz CT molecular complexity index is 2350. The normalized spacial score (nSPS) is 13.1. The molecule has 0 saturated heterocycles. The summed E-state index contributed by atoms with van der Waals surface area (Å²) in [5.74, 6) is -4.55. The van der Waals surface area contributed by atoms with E-state index in [9.17, 15) is 48.9 Å². The molecule has 17 nitrogen and oxygen atoms in total. The monoisotopic (exact) mass is 977 g/mol. The molecule has 0 fully saturated rings. The lowest BCUT2D eigenvalue weighted by atomic mass is 9.87. The number of carbonyl (C=O) groups excluding carboxylic acids is 5. The molecule has 7 N–H and O–H groups in total. The van der Waals surface area contributed by atoms with Crippen LogP contribution in [0, 0.1) is 24.2 Å². The molecule has 378 valence electrons. The van der Waals surface area contributed by atoms with E-state index in [4.69, 9.17) is 31.1 Å². The number of carboxylic acid groups (broad SMARTS) is 2. The molecule has 4 aromatic rings. The third kappa shape index (κ3) is 21.9. The molecule has 0 aliphatic rings. The predicted octanol–water partition coefficient (Wildman–Crippen LogP) is 4.33. The van der Waals surface area contributed by atoms with E-state index in [1.165, 1.54) is 12.1 Å². The number of Topliss-reactive ketones (excluding diaryl/α,β-unsaturated/α-hetero) is 4. The maximum Gasteiger partial charge on any atom is 0.305 e. The summed E-state index contributed by atoms with van der Waals surface area (Å²) in [6, 6.07) is 27.6. The van der Waals surface area contributed by atoms with Crippen LogP contribution in [0.15, 0.2) is 109 Å². The number of nitrogens with two attached hydrogens (primary N) is 1. The molecule has 0 heterocycles. The second-order valence-corrected chi connectivity index (χ2v) is 16.9. The quantitative estimate of drug-likeness (QED) is 0.0274. The number of terminal acetylenes is 1. The fraction of sp³-hybridized carbons (Fsp3) is 0.389. The average molecular weight is 978 g/mol. The second kappa shape index (κ2) is 31.1. The first kappa shape index (κ1) is 56.4. The van der Waals surface area contributed by atoms with Gasteiger partial charge < -0.3 is 50.6 Å². The van der Waals surface area contributed by atoms with Crippen LogP contribution in [0.5, 0.6) is 17.2 Å². The molecule has 0 aliphatic carbocycles. The highest BCUT2D eigenvalue weighted by Gasteiger charge is 2.33. The Hall–Kier alpha value is -7.23. The number of carbonyl (C=O) groups is 7. The van der Waals surface area contributed by atoms with Gasteiger partial charge in [-0.3, -0.25) is 33.6 Å².